The van der Waals surface area contributed by atoms with Gasteiger partial charge in [-0.3, -0.25) is 4.98 Å². The number of hydrogen-bond acceptors (Lipinski definition) is 3. The monoisotopic (exact) mass is 310 g/mol. The number of hydrogen-bond donors (Lipinski definition) is 1. The molecular formula is C13H15BrN2S. The first-order valence-electron chi connectivity index (χ1n) is 5.51. The molecule has 4 heteroatoms. The Morgan fingerprint density at radius 2 is 2.29 bits per heavy atom. The third-order valence-corrected chi connectivity index (χ3v) is 4.51. The summed E-state index contributed by atoms with van der Waals surface area (Å²) in [6.45, 7) is 2.12. The Morgan fingerprint density at radius 1 is 1.47 bits per heavy atom. The quantitative estimate of drug-likeness (QED) is 0.931. The lowest BCUT2D eigenvalue weighted by molar-refractivity contribution is 0.595. The van der Waals surface area contributed by atoms with Crippen LogP contribution in [0.3, 0.4) is 0 Å². The molecule has 0 aliphatic carbocycles. The average molecular weight is 311 g/mol. The third kappa shape index (κ3) is 3.15. The van der Waals surface area contributed by atoms with Gasteiger partial charge < -0.3 is 5.32 Å². The Balaban J connectivity index is 2.20. The van der Waals surface area contributed by atoms with Crippen LogP contribution >= 0.6 is 27.3 Å². The first-order valence-corrected chi connectivity index (χ1v) is 7.18. The van der Waals surface area contributed by atoms with Crippen LogP contribution in [-0.4, -0.2) is 12.0 Å². The Labute approximate surface area is 114 Å². The highest BCUT2D eigenvalue weighted by atomic mass is 79.9. The van der Waals surface area contributed by atoms with Crippen LogP contribution in [0.4, 0.5) is 0 Å². The van der Waals surface area contributed by atoms with Crippen LogP contribution in [0.1, 0.15) is 22.0 Å². The number of likely N-dealkylation sites (N-methyl/N-ethyl adjacent to an activating group) is 1. The van der Waals surface area contributed by atoms with Crippen LogP contribution in [0, 0.1) is 6.92 Å². The van der Waals surface area contributed by atoms with Crippen molar-refractivity contribution in [1.82, 2.24) is 10.3 Å². The Hall–Kier alpha value is -0.710. The highest BCUT2D eigenvalue weighted by Crippen LogP contribution is 2.24. The number of nitrogens with one attached hydrogen (secondary N) is 1. The van der Waals surface area contributed by atoms with Gasteiger partial charge in [0.05, 0.1) is 5.51 Å². The second-order valence-electron chi connectivity index (χ2n) is 4.02. The van der Waals surface area contributed by atoms with Crippen LogP contribution in [0.2, 0.25) is 0 Å². The van der Waals surface area contributed by atoms with Gasteiger partial charge in [0.1, 0.15) is 0 Å². The van der Waals surface area contributed by atoms with Gasteiger partial charge >= 0.3 is 0 Å². The molecule has 1 heterocycles. The molecule has 0 amide bonds. The third-order valence-electron chi connectivity index (χ3n) is 2.82. The van der Waals surface area contributed by atoms with Gasteiger partial charge in [-0.1, -0.05) is 28.1 Å². The van der Waals surface area contributed by atoms with E-state index in [2.05, 4.69) is 51.4 Å². The summed E-state index contributed by atoms with van der Waals surface area (Å²) in [6, 6.07) is 6.86. The van der Waals surface area contributed by atoms with Gasteiger partial charge in [0.15, 0.2) is 0 Å². The van der Waals surface area contributed by atoms with E-state index in [-0.39, 0.29) is 0 Å². The molecular weight excluding hydrogens is 296 g/mol. The van der Waals surface area contributed by atoms with Gasteiger partial charge in [-0.15, -0.1) is 11.3 Å². The molecule has 1 aromatic heterocycles. The number of aromatic nitrogens is 1. The summed E-state index contributed by atoms with van der Waals surface area (Å²) < 4.78 is 1.16. The minimum atomic E-state index is 0.349. The van der Waals surface area contributed by atoms with Gasteiger partial charge in [0.25, 0.3) is 0 Å². The minimum absolute atomic E-state index is 0.349. The predicted octanol–water partition coefficient (Wildman–Crippen LogP) is 3.72. The zero-order valence-electron chi connectivity index (χ0n) is 9.90. The molecule has 1 N–H and O–H groups in total. The zero-order chi connectivity index (χ0) is 12.3. The van der Waals surface area contributed by atoms with Gasteiger partial charge in [-0.25, -0.2) is 0 Å². The highest BCUT2D eigenvalue weighted by Gasteiger charge is 2.11. The molecule has 17 heavy (non-hydrogen) atoms. The van der Waals surface area contributed by atoms with Crippen molar-refractivity contribution in [3.63, 3.8) is 0 Å². The maximum absolute atomic E-state index is 4.12. The van der Waals surface area contributed by atoms with E-state index in [9.17, 15) is 0 Å². The van der Waals surface area contributed by atoms with Gasteiger partial charge in [0, 0.05) is 28.0 Å². The molecule has 2 rings (SSSR count). The minimum Gasteiger partial charge on any atom is -0.313 e. The van der Waals surface area contributed by atoms with Crippen molar-refractivity contribution in [2.24, 2.45) is 0 Å². The largest absolute Gasteiger partial charge is 0.313 e. The summed E-state index contributed by atoms with van der Waals surface area (Å²) in [5.74, 6) is 0. The standard InChI is InChI=1S/C13H15BrN2S/c1-9-5-10(3-4-12(9)14)13(15-2)6-11-7-16-8-17-11/h3-5,7-8,13,15H,6H2,1-2H3. The van der Waals surface area contributed by atoms with Gasteiger partial charge in [-0.05, 0) is 31.2 Å². The fourth-order valence-corrected chi connectivity index (χ4v) is 2.70. The SMILES string of the molecule is CNC(Cc1cncs1)c1ccc(Br)c(C)c1. The Bertz CT molecular complexity index is 482. The van der Waals surface area contributed by atoms with E-state index in [1.807, 2.05) is 18.8 Å². The fourth-order valence-electron chi connectivity index (χ4n) is 1.82. The lowest BCUT2D eigenvalue weighted by Crippen LogP contribution is -2.18. The summed E-state index contributed by atoms with van der Waals surface area (Å²) in [4.78, 5) is 5.43. The molecule has 0 saturated heterocycles. The number of halogens is 1. The van der Waals surface area contributed by atoms with Crippen molar-refractivity contribution in [3.8, 4) is 0 Å². The molecule has 0 aliphatic heterocycles. The molecule has 0 spiro atoms. The van der Waals surface area contributed by atoms with E-state index in [1.165, 1.54) is 16.0 Å². The molecule has 2 aromatic rings. The summed E-state index contributed by atoms with van der Waals surface area (Å²) in [6.07, 6.45) is 2.93. The first kappa shape index (κ1) is 12.7. The summed E-state index contributed by atoms with van der Waals surface area (Å²) >= 11 is 5.24. The van der Waals surface area contributed by atoms with Gasteiger partial charge in [-0.2, -0.15) is 0 Å². The molecule has 1 unspecified atom stereocenters. The van der Waals surface area contributed by atoms with E-state index >= 15 is 0 Å². The summed E-state index contributed by atoms with van der Waals surface area (Å²) in [5.41, 5.74) is 4.48. The molecule has 1 atom stereocenters. The van der Waals surface area contributed by atoms with Crippen LogP contribution in [0.25, 0.3) is 0 Å². The zero-order valence-corrected chi connectivity index (χ0v) is 12.3. The van der Waals surface area contributed by atoms with Crippen LogP contribution in [0.15, 0.2) is 34.4 Å². The lowest BCUT2D eigenvalue weighted by Gasteiger charge is -2.16. The maximum atomic E-state index is 4.12. The van der Waals surface area contributed by atoms with E-state index in [1.54, 1.807) is 11.3 Å². The van der Waals surface area contributed by atoms with Gasteiger partial charge in [0.2, 0.25) is 0 Å². The summed E-state index contributed by atoms with van der Waals surface area (Å²) in [5, 5.41) is 3.37. The van der Waals surface area contributed by atoms with Crippen molar-refractivity contribution in [3.05, 3.63) is 50.4 Å². The first-order chi connectivity index (χ1) is 8.20. The molecule has 0 aliphatic rings. The Kier molecular flexibility index (Phi) is 4.31. The van der Waals surface area contributed by atoms with Crippen molar-refractivity contribution in [2.45, 2.75) is 19.4 Å². The average Bonchev–Trinajstić information content (AvgIpc) is 2.82. The van der Waals surface area contributed by atoms with Crippen LogP contribution in [0.5, 0.6) is 0 Å². The second kappa shape index (κ2) is 5.76. The maximum Gasteiger partial charge on any atom is 0.0794 e. The lowest BCUT2D eigenvalue weighted by atomic mass is 10.0. The smallest absolute Gasteiger partial charge is 0.0794 e. The molecule has 0 fully saturated rings. The van der Waals surface area contributed by atoms with E-state index < -0.39 is 0 Å². The molecule has 0 radical (unpaired) electrons. The molecule has 2 nitrogen and oxygen atoms in total. The number of thiazole rings is 1. The number of rotatable bonds is 4. The van der Waals surface area contributed by atoms with Crippen LogP contribution < -0.4 is 5.32 Å². The number of aryl methyl sites for hydroxylation is 1. The number of nitrogens with zero attached hydrogens (tertiary/aromatic N) is 1. The van der Waals surface area contributed by atoms with E-state index in [0.29, 0.717) is 6.04 Å². The van der Waals surface area contributed by atoms with Crippen LogP contribution in [-0.2, 0) is 6.42 Å². The van der Waals surface area contributed by atoms with Crippen molar-refractivity contribution in [2.75, 3.05) is 7.05 Å². The Morgan fingerprint density at radius 3 is 2.88 bits per heavy atom. The van der Waals surface area contributed by atoms with Crippen molar-refractivity contribution in [1.29, 1.82) is 0 Å². The molecule has 0 bridgehead atoms. The van der Waals surface area contributed by atoms with E-state index in [4.69, 9.17) is 0 Å². The summed E-state index contributed by atoms with van der Waals surface area (Å²) in [7, 11) is 2.00. The molecule has 1 aromatic carbocycles. The second-order valence-corrected chi connectivity index (χ2v) is 5.85. The van der Waals surface area contributed by atoms with Crippen molar-refractivity contribution >= 4 is 27.3 Å². The predicted molar refractivity (Wildman–Crippen MR) is 76.5 cm³/mol. The normalized spacial score (nSPS) is 12.6. The topological polar surface area (TPSA) is 24.9 Å². The van der Waals surface area contributed by atoms with E-state index in [0.717, 1.165) is 10.9 Å². The fraction of sp³-hybridized carbons (Fsp3) is 0.308. The molecule has 0 saturated carbocycles. The number of benzene rings is 1. The highest BCUT2D eigenvalue weighted by molar-refractivity contribution is 9.10. The van der Waals surface area contributed by atoms with Crippen molar-refractivity contribution < 1.29 is 0 Å². The molecule has 90 valence electrons.